The van der Waals surface area contributed by atoms with E-state index < -0.39 is 6.10 Å². The number of nitrogens with zero attached hydrogens (tertiary/aromatic N) is 1. The molecule has 0 aromatic heterocycles. The summed E-state index contributed by atoms with van der Waals surface area (Å²) in [6, 6.07) is 1.99. The fourth-order valence-corrected chi connectivity index (χ4v) is 1.54. The Bertz CT molecular complexity index is 151. The molecule has 1 N–H and O–H groups in total. The highest BCUT2D eigenvalue weighted by Crippen LogP contribution is 2.10. The van der Waals surface area contributed by atoms with Gasteiger partial charge in [-0.1, -0.05) is 51.9 Å². The van der Waals surface area contributed by atoms with Crippen LogP contribution in [0, 0.1) is 11.3 Å². The first kappa shape index (κ1) is 13.4. The molecule has 0 aliphatic heterocycles. The van der Waals surface area contributed by atoms with E-state index in [2.05, 4.69) is 6.92 Å². The van der Waals surface area contributed by atoms with E-state index in [0.29, 0.717) is 0 Å². The molecule has 2 heteroatoms. The third kappa shape index (κ3) is 9.54. The summed E-state index contributed by atoms with van der Waals surface area (Å²) < 4.78 is 0. The Morgan fingerprint density at radius 2 is 1.64 bits per heavy atom. The van der Waals surface area contributed by atoms with E-state index in [1.54, 1.807) is 0 Å². The summed E-state index contributed by atoms with van der Waals surface area (Å²) in [6.07, 6.45) is 9.53. The molecule has 0 spiro atoms. The molecule has 0 aromatic rings. The molecular weight excluding hydrogens is 174 g/mol. The van der Waals surface area contributed by atoms with Crippen LogP contribution < -0.4 is 0 Å². The Morgan fingerprint density at radius 3 is 2.21 bits per heavy atom. The number of hydrogen-bond acceptors (Lipinski definition) is 2. The highest BCUT2D eigenvalue weighted by atomic mass is 16.3. The zero-order valence-electron chi connectivity index (χ0n) is 9.34. The van der Waals surface area contributed by atoms with Crippen LogP contribution in [0.4, 0.5) is 0 Å². The van der Waals surface area contributed by atoms with Crippen LogP contribution >= 0.6 is 0 Å². The zero-order chi connectivity index (χ0) is 10.6. The number of nitriles is 1. The monoisotopic (exact) mass is 197 g/mol. The average molecular weight is 197 g/mol. The van der Waals surface area contributed by atoms with E-state index in [1.807, 2.05) is 6.07 Å². The Kier molecular flexibility index (Phi) is 10.1. The van der Waals surface area contributed by atoms with E-state index in [0.717, 1.165) is 12.8 Å². The molecule has 0 unspecified atom stereocenters. The van der Waals surface area contributed by atoms with Gasteiger partial charge in [0.25, 0.3) is 0 Å². The van der Waals surface area contributed by atoms with Crippen molar-refractivity contribution in [2.45, 2.75) is 70.8 Å². The second kappa shape index (κ2) is 10.5. The van der Waals surface area contributed by atoms with E-state index in [1.165, 1.54) is 38.5 Å². The fraction of sp³-hybridized carbons (Fsp3) is 0.917. The molecule has 0 aliphatic rings. The van der Waals surface area contributed by atoms with Crippen LogP contribution in [0.5, 0.6) is 0 Å². The summed E-state index contributed by atoms with van der Waals surface area (Å²) in [6.45, 7) is 2.22. The van der Waals surface area contributed by atoms with Gasteiger partial charge in [-0.15, -0.1) is 0 Å². The highest BCUT2D eigenvalue weighted by Gasteiger charge is 2.01. The average Bonchev–Trinajstić information content (AvgIpc) is 2.17. The molecule has 0 aliphatic carbocycles. The van der Waals surface area contributed by atoms with E-state index in [4.69, 9.17) is 5.26 Å². The van der Waals surface area contributed by atoms with Crippen molar-refractivity contribution in [1.29, 1.82) is 5.26 Å². The second-order valence-electron chi connectivity index (χ2n) is 3.93. The summed E-state index contributed by atoms with van der Waals surface area (Å²) in [7, 11) is 0. The largest absolute Gasteiger partial charge is 0.392 e. The topological polar surface area (TPSA) is 44.0 Å². The first-order valence-corrected chi connectivity index (χ1v) is 5.86. The first-order valence-electron chi connectivity index (χ1n) is 5.86. The van der Waals surface area contributed by atoms with Crippen LogP contribution in [0.1, 0.15) is 64.7 Å². The van der Waals surface area contributed by atoms with Crippen LogP contribution in [0.25, 0.3) is 0 Å². The van der Waals surface area contributed by atoms with Crippen molar-refractivity contribution in [3.05, 3.63) is 0 Å². The van der Waals surface area contributed by atoms with E-state index in [9.17, 15) is 5.11 Å². The number of aliphatic hydroxyl groups excluding tert-OH is 1. The van der Waals surface area contributed by atoms with Gasteiger partial charge in [0.2, 0.25) is 0 Å². The minimum absolute atomic E-state index is 0.288. The Hall–Kier alpha value is -0.550. The molecule has 0 fully saturated rings. The summed E-state index contributed by atoms with van der Waals surface area (Å²) in [4.78, 5) is 0. The van der Waals surface area contributed by atoms with Crippen molar-refractivity contribution in [3.63, 3.8) is 0 Å². The lowest BCUT2D eigenvalue weighted by Crippen LogP contribution is -2.04. The Morgan fingerprint density at radius 1 is 1.07 bits per heavy atom. The summed E-state index contributed by atoms with van der Waals surface area (Å²) >= 11 is 0. The smallest absolute Gasteiger partial charge is 0.0670 e. The molecule has 0 radical (unpaired) electrons. The Labute approximate surface area is 87.9 Å². The summed E-state index contributed by atoms with van der Waals surface area (Å²) in [5, 5.41) is 17.6. The van der Waals surface area contributed by atoms with Gasteiger partial charge >= 0.3 is 0 Å². The standard InChI is InChI=1S/C12H23NO/c1-2-3-4-5-6-7-8-9-12(14)10-11-13/h12,14H,2-10H2,1H3/t12-/m1/s1. The SMILES string of the molecule is CCCCCCCCC[C@@H](O)CC#N. The predicted octanol–water partition coefficient (Wildman–Crippen LogP) is 3.40. The van der Waals surface area contributed by atoms with Gasteiger partial charge in [-0.3, -0.25) is 0 Å². The second-order valence-corrected chi connectivity index (χ2v) is 3.93. The molecule has 2 nitrogen and oxygen atoms in total. The maximum Gasteiger partial charge on any atom is 0.0670 e. The van der Waals surface area contributed by atoms with Gasteiger partial charge in [-0.25, -0.2) is 0 Å². The van der Waals surface area contributed by atoms with Crippen molar-refractivity contribution in [1.82, 2.24) is 0 Å². The van der Waals surface area contributed by atoms with Crippen LogP contribution in [-0.4, -0.2) is 11.2 Å². The molecular formula is C12H23NO. The highest BCUT2D eigenvalue weighted by molar-refractivity contribution is 4.74. The summed E-state index contributed by atoms with van der Waals surface area (Å²) in [5.41, 5.74) is 0. The number of rotatable bonds is 9. The lowest BCUT2D eigenvalue weighted by molar-refractivity contribution is 0.165. The third-order valence-corrected chi connectivity index (χ3v) is 2.47. The molecule has 0 amide bonds. The normalized spacial score (nSPS) is 12.4. The first-order chi connectivity index (χ1) is 6.81. The molecule has 0 rings (SSSR count). The molecule has 0 bridgehead atoms. The van der Waals surface area contributed by atoms with Gasteiger partial charge < -0.3 is 5.11 Å². The maximum absolute atomic E-state index is 9.27. The molecule has 0 aromatic carbocycles. The minimum Gasteiger partial charge on any atom is -0.392 e. The predicted molar refractivity (Wildman–Crippen MR) is 58.8 cm³/mol. The van der Waals surface area contributed by atoms with Crippen LogP contribution in [0.3, 0.4) is 0 Å². The van der Waals surface area contributed by atoms with Gasteiger partial charge in [0, 0.05) is 0 Å². The molecule has 82 valence electrons. The van der Waals surface area contributed by atoms with Gasteiger partial charge in [0.05, 0.1) is 18.6 Å². The maximum atomic E-state index is 9.27. The molecule has 14 heavy (non-hydrogen) atoms. The Balaban J connectivity index is 3.02. The number of unbranched alkanes of at least 4 members (excludes halogenated alkanes) is 6. The van der Waals surface area contributed by atoms with E-state index >= 15 is 0 Å². The number of aliphatic hydroxyl groups is 1. The number of hydrogen-bond donors (Lipinski definition) is 1. The van der Waals surface area contributed by atoms with Crippen molar-refractivity contribution < 1.29 is 5.11 Å². The van der Waals surface area contributed by atoms with Crippen molar-refractivity contribution >= 4 is 0 Å². The van der Waals surface area contributed by atoms with Gasteiger partial charge in [-0.2, -0.15) is 5.26 Å². The van der Waals surface area contributed by atoms with Gasteiger partial charge in [-0.05, 0) is 6.42 Å². The van der Waals surface area contributed by atoms with Crippen molar-refractivity contribution in [2.75, 3.05) is 0 Å². The zero-order valence-corrected chi connectivity index (χ0v) is 9.34. The molecule has 1 atom stereocenters. The minimum atomic E-state index is -0.393. The van der Waals surface area contributed by atoms with Crippen LogP contribution in [0.15, 0.2) is 0 Å². The van der Waals surface area contributed by atoms with Crippen molar-refractivity contribution in [3.8, 4) is 6.07 Å². The molecule has 0 saturated carbocycles. The van der Waals surface area contributed by atoms with Gasteiger partial charge in [0.1, 0.15) is 0 Å². The lowest BCUT2D eigenvalue weighted by atomic mass is 10.1. The lowest BCUT2D eigenvalue weighted by Gasteiger charge is -2.05. The van der Waals surface area contributed by atoms with Crippen LogP contribution in [0.2, 0.25) is 0 Å². The van der Waals surface area contributed by atoms with Crippen LogP contribution in [-0.2, 0) is 0 Å². The molecule has 0 heterocycles. The quantitative estimate of drug-likeness (QED) is 0.576. The fourth-order valence-electron chi connectivity index (χ4n) is 1.54. The van der Waals surface area contributed by atoms with Crippen molar-refractivity contribution in [2.24, 2.45) is 0 Å². The third-order valence-electron chi connectivity index (χ3n) is 2.47. The van der Waals surface area contributed by atoms with Gasteiger partial charge in [0.15, 0.2) is 0 Å². The molecule has 0 saturated heterocycles. The summed E-state index contributed by atoms with van der Waals surface area (Å²) in [5.74, 6) is 0. The van der Waals surface area contributed by atoms with E-state index in [-0.39, 0.29) is 6.42 Å².